The summed E-state index contributed by atoms with van der Waals surface area (Å²) in [5.41, 5.74) is 0. The van der Waals surface area contributed by atoms with Crippen molar-refractivity contribution in [2.75, 3.05) is 19.6 Å². The first kappa shape index (κ1) is 16.3. The zero-order chi connectivity index (χ0) is 17.1. The third-order valence-corrected chi connectivity index (χ3v) is 4.42. The second-order valence-electron chi connectivity index (χ2n) is 6.05. The summed E-state index contributed by atoms with van der Waals surface area (Å²) < 4.78 is 5.67. The lowest BCUT2D eigenvalue weighted by Gasteiger charge is -2.36. The van der Waals surface area contributed by atoms with Crippen LogP contribution in [0.4, 0.5) is 4.79 Å². The van der Waals surface area contributed by atoms with E-state index in [0.717, 1.165) is 0 Å². The molecule has 2 saturated heterocycles. The largest absolute Gasteiger partial charge is 0.481 e. The summed E-state index contributed by atoms with van der Waals surface area (Å²) in [6.45, 7) is 2.84. The molecule has 4 amide bonds. The molecule has 2 aliphatic rings. The summed E-state index contributed by atoms with van der Waals surface area (Å²) in [4.78, 5) is 39.0. The van der Waals surface area contributed by atoms with E-state index in [2.05, 4.69) is 5.32 Å². The molecule has 0 aromatic heterocycles. The number of piperidine rings is 1. The summed E-state index contributed by atoms with van der Waals surface area (Å²) in [5.74, 6) is 0.396. The molecule has 2 fully saturated rings. The number of benzene rings is 1. The van der Waals surface area contributed by atoms with E-state index in [1.54, 1.807) is 11.8 Å². The number of para-hydroxylation sites is 1. The summed E-state index contributed by atoms with van der Waals surface area (Å²) in [6.07, 6.45) is 0.631. The van der Waals surface area contributed by atoms with Crippen LogP contribution in [0.2, 0.25) is 0 Å². The maximum atomic E-state index is 12.5. The maximum absolute atomic E-state index is 12.5. The smallest absolute Gasteiger partial charge is 0.324 e. The van der Waals surface area contributed by atoms with Crippen molar-refractivity contribution in [3.05, 3.63) is 30.3 Å². The fourth-order valence-electron chi connectivity index (χ4n) is 3.16. The van der Waals surface area contributed by atoms with Gasteiger partial charge in [0.05, 0.1) is 6.54 Å². The molecule has 0 saturated carbocycles. The lowest BCUT2D eigenvalue weighted by atomic mass is 10.0. The third kappa shape index (κ3) is 3.34. The number of urea groups is 1. The van der Waals surface area contributed by atoms with Gasteiger partial charge in [0.2, 0.25) is 5.91 Å². The first-order chi connectivity index (χ1) is 11.6. The second-order valence-corrected chi connectivity index (χ2v) is 6.05. The van der Waals surface area contributed by atoms with Crippen molar-refractivity contribution in [1.82, 2.24) is 15.1 Å². The predicted octanol–water partition coefficient (Wildman–Crippen LogP) is 0.997. The van der Waals surface area contributed by atoms with Gasteiger partial charge in [-0.05, 0) is 31.9 Å². The predicted molar refractivity (Wildman–Crippen MR) is 86.4 cm³/mol. The molecule has 0 radical (unpaired) electrons. The van der Waals surface area contributed by atoms with E-state index in [1.165, 1.54) is 4.90 Å². The van der Waals surface area contributed by atoms with Crippen LogP contribution in [0, 0.1) is 0 Å². The lowest BCUT2D eigenvalue weighted by molar-refractivity contribution is -0.139. The minimum absolute atomic E-state index is 0.0694. The Morgan fingerprint density at radius 1 is 1.21 bits per heavy atom. The molecule has 0 spiro atoms. The van der Waals surface area contributed by atoms with E-state index in [9.17, 15) is 14.4 Å². The maximum Gasteiger partial charge on any atom is 0.324 e. The number of carbonyl (C=O) groups excluding carboxylic acids is 3. The quantitative estimate of drug-likeness (QED) is 0.835. The normalized spacial score (nSPS) is 20.0. The van der Waals surface area contributed by atoms with Gasteiger partial charge in [-0.2, -0.15) is 0 Å². The van der Waals surface area contributed by atoms with Crippen LogP contribution in [-0.4, -0.2) is 59.4 Å². The molecule has 0 bridgehead atoms. The molecule has 1 aromatic rings. The van der Waals surface area contributed by atoms with E-state index in [4.69, 9.17) is 4.74 Å². The van der Waals surface area contributed by atoms with Crippen LogP contribution >= 0.6 is 0 Å². The number of nitrogens with one attached hydrogen (secondary N) is 1. The summed E-state index contributed by atoms with van der Waals surface area (Å²) >= 11 is 0. The number of imide groups is 1. The Bertz CT molecular complexity index is 610. The van der Waals surface area contributed by atoms with Crippen LogP contribution < -0.4 is 10.1 Å². The number of ether oxygens (including phenoxy) is 1. The average molecular weight is 331 g/mol. The van der Waals surface area contributed by atoms with Crippen molar-refractivity contribution in [1.29, 1.82) is 0 Å². The molecule has 0 aliphatic carbocycles. The highest BCUT2D eigenvalue weighted by Gasteiger charge is 2.37. The molecule has 3 rings (SSSR count). The van der Waals surface area contributed by atoms with Gasteiger partial charge in [0, 0.05) is 19.1 Å². The number of likely N-dealkylation sites (tertiary alicyclic amines) is 1. The molecular weight excluding hydrogens is 310 g/mol. The van der Waals surface area contributed by atoms with Gasteiger partial charge in [0.25, 0.3) is 5.91 Å². The Morgan fingerprint density at radius 3 is 2.46 bits per heavy atom. The molecule has 1 atom stereocenters. The fourth-order valence-corrected chi connectivity index (χ4v) is 3.16. The number of amides is 4. The number of hydrogen-bond donors (Lipinski definition) is 1. The standard InChI is InChI=1S/C17H21N3O4/c1-12(24-14-5-3-2-4-6-14)16(22)19-9-7-13(8-10-19)20-15(21)11-18-17(20)23/h2-6,12-13H,7-11H2,1H3,(H,18,23). The number of rotatable bonds is 4. The molecular formula is C17H21N3O4. The topological polar surface area (TPSA) is 79.0 Å². The highest BCUT2D eigenvalue weighted by molar-refractivity contribution is 6.02. The molecule has 2 heterocycles. The Hall–Kier alpha value is -2.57. The van der Waals surface area contributed by atoms with Crippen molar-refractivity contribution in [2.24, 2.45) is 0 Å². The Balaban J connectivity index is 1.53. The molecule has 1 N–H and O–H groups in total. The molecule has 7 nitrogen and oxygen atoms in total. The Kier molecular flexibility index (Phi) is 4.69. The SMILES string of the molecule is CC(Oc1ccccc1)C(=O)N1CCC(N2C(=O)CNC2=O)CC1. The van der Waals surface area contributed by atoms with Crippen LogP contribution in [-0.2, 0) is 9.59 Å². The van der Waals surface area contributed by atoms with Crippen LogP contribution in [0.3, 0.4) is 0 Å². The number of carbonyl (C=O) groups is 3. The van der Waals surface area contributed by atoms with Gasteiger partial charge >= 0.3 is 6.03 Å². The molecule has 7 heteroatoms. The van der Waals surface area contributed by atoms with E-state index in [0.29, 0.717) is 31.7 Å². The van der Waals surface area contributed by atoms with Crippen molar-refractivity contribution >= 4 is 17.8 Å². The minimum Gasteiger partial charge on any atom is -0.481 e. The monoisotopic (exact) mass is 331 g/mol. The fraction of sp³-hybridized carbons (Fsp3) is 0.471. The van der Waals surface area contributed by atoms with Crippen molar-refractivity contribution in [3.63, 3.8) is 0 Å². The van der Waals surface area contributed by atoms with Crippen LogP contribution in [0.15, 0.2) is 30.3 Å². The van der Waals surface area contributed by atoms with Gasteiger partial charge < -0.3 is 15.0 Å². The molecule has 128 valence electrons. The van der Waals surface area contributed by atoms with Crippen LogP contribution in [0.5, 0.6) is 5.75 Å². The van der Waals surface area contributed by atoms with Crippen molar-refractivity contribution in [3.8, 4) is 5.75 Å². The van der Waals surface area contributed by atoms with Crippen LogP contribution in [0.25, 0.3) is 0 Å². The minimum atomic E-state index is -0.569. The average Bonchev–Trinajstić information content (AvgIpc) is 2.94. The second kappa shape index (κ2) is 6.90. The Morgan fingerprint density at radius 2 is 1.88 bits per heavy atom. The van der Waals surface area contributed by atoms with E-state index < -0.39 is 6.10 Å². The van der Waals surface area contributed by atoms with Gasteiger partial charge in [-0.15, -0.1) is 0 Å². The first-order valence-electron chi connectivity index (χ1n) is 8.16. The zero-order valence-electron chi connectivity index (χ0n) is 13.6. The van der Waals surface area contributed by atoms with Gasteiger partial charge in [-0.1, -0.05) is 18.2 Å². The molecule has 2 aliphatic heterocycles. The summed E-state index contributed by atoms with van der Waals surface area (Å²) in [5, 5.41) is 2.53. The highest BCUT2D eigenvalue weighted by atomic mass is 16.5. The van der Waals surface area contributed by atoms with E-state index in [1.807, 2.05) is 30.3 Å². The Labute approximate surface area is 140 Å². The van der Waals surface area contributed by atoms with Crippen molar-refractivity contribution in [2.45, 2.75) is 31.9 Å². The van der Waals surface area contributed by atoms with E-state index in [-0.39, 0.29) is 30.4 Å². The van der Waals surface area contributed by atoms with Gasteiger partial charge in [-0.25, -0.2) is 4.79 Å². The van der Waals surface area contributed by atoms with Gasteiger partial charge in [-0.3, -0.25) is 14.5 Å². The number of nitrogens with zero attached hydrogens (tertiary/aromatic N) is 2. The van der Waals surface area contributed by atoms with E-state index >= 15 is 0 Å². The number of hydrogen-bond acceptors (Lipinski definition) is 4. The van der Waals surface area contributed by atoms with Gasteiger partial charge in [0.15, 0.2) is 6.10 Å². The molecule has 1 aromatic carbocycles. The summed E-state index contributed by atoms with van der Waals surface area (Å²) in [7, 11) is 0. The lowest BCUT2D eigenvalue weighted by Crippen LogP contribution is -2.51. The zero-order valence-corrected chi connectivity index (χ0v) is 13.6. The highest BCUT2D eigenvalue weighted by Crippen LogP contribution is 2.20. The third-order valence-electron chi connectivity index (χ3n) is 4.42. The molecule has 24 heavy (non-hydrogen) atoms. The van der Waals surface area contributed by atoms with Crippen molar-refractivity contribution < 1.29 is 19.1 Å². The molecule has 1 unspecified atom stereocenters. The van der Waals surface area contributed by atoms with Gasteiger partial charge in [0.1, 0.15) is 5.75 Å². The van der Waals surface area contributed by atoms with Crippen LogP contribution in [0.1, 0.15) is 19.8 Å². The first-order valence-corrected chi connectivity index (χ1v) is 8.16. The summed E-state index contributed by atoms with van der Waals surface area (Å²) in [6, 6.07) is 8.77.